The highest BCUT2D eigenvalue weighted by molar-refractivity contribution is 5.97. The predicted octanol–water partition coefficient (Wildman–Crippen LogP) is 5.95. The van der Waals surface area contributed by atoms with E-state index in [1.807, 2.05) is 43.3 Å². The first-order valence-electron chi connectivity index (χ1n) is 10.8. The third-order valence-corrected chi connectivity index (χ3v) is 5.95. The van der Waals surface area contributed by atoms with Gasteiger partial charge in [0.25, 0.3) is 0 Å². The van der Waals surface area contributed by atoms with Gasteiger partial charge in [-0.15, -0.1) is 6.58 Å². The number of benzene rings is 1. The van der Waals surface area contributed by atoms with Crippen molar-refractivity contribution >= 4 is 11.9 Å². The van der Waals surface area contributed by atoms with Gasteiger partial charge in [0.05, 0.1) is 12.1 Å². The molecule has 3 amide bonds. The van der Waals surface area contributed by atoms with Crippen molar-refractivity contribution in [1.82, 2.24) is 9.80 Å². The van der Waals surface area contributed by atoms with Crippen LogP contribution in [0.15, 0.2) is 43.0 Å². The highest BCUT2D eigenvalue weighted by Crippen LogP contribution is 2.36. The van der Waals surface area contributed by atoms with Crippen molar-refractivity contribution in [1.29, 1.82) is 0 Å². The summed E-state index contributed by atoms with van der Waals surface area (Å²) >= 11 is 0. The van der Waals surface area contributed by atoms with E-state index in [0.29, 0.717) is 0 Å². The average Bonchev–Trinajstić information content (AvgIpc) is 2.94. The highest BCUT2D eigenvalue weighted by atomic mass is 16.2. The molecule has 1 aliphatic rings. The lowest BCUT2D eigenvalue weighted by atomic mass is 9.92. The van der Waals surface area contributed by atoms with E-state index >= 15 is 0 Å². The van der Waals surface area contributed by atoms with Crippen LogP contribution in [-0.2, 0) is 4.79 Å². The molecule has 28 heavy (non-hydrogen) atoms. The van der Waals surface area contributed by atoms with Crippen LogP contribution in [0, 0.1) is 5.92 Å². The van der Waals surface area contributed by atoms with E-state index in [9.17, 15) is 9.59 Å². The van der Waals surface area contributed by atoms with Gasteiger partial charge in [0.2, 0.25) is 5.91 Å². The van der Waals surface area contributed by atoms with Crippen LogP contribution in [0.4, 0.5) is 4.79 Å². The maximum atomic E-state index is 13.5. The van der Waals surface area contributed by atoms with Crippen molar-refractivity contribution in [2.75, 3.05) is 7.05 Å². The number of urea groups is 1. The zero-order valence-electron chi connectivity index (χ0n) is 17.8. The maximum Gasteiger partial charge on any atom is 0.327 e. The molecule has 1 fully saturated rings. The Morgan fingerprint density at radius 1 is 1.14 bits per heavy atom. The van der Waals surface area contributed by atoms with Crippen LogP contribution in [0.3, 0.4) is 0 Å². The largest absolute Gasteiger partial charge is 0.327 e. The lowest BCUT2D eigenvalue weighted by Gasteiger charge is -2.28. The van der Waals surface area contributed by atoms with E-state index in [1.54, 1.807) is 16.8 Å². The Morgan fingerprint density at radius 3 is 2.46 bits per heavy atom. The number of hydrogen-bond donors (Lipinski definition) is 0. The Labute approximate surface area is 170 Å². The zero-order valence-corrected chi connectivity index (χ0v) is 17.8. The maximum absolute atomic E-state index is 13.5. The zero-order chi connectivity index (χ0) is 20.5. The van der Waals surface area contributed by atoms with Gasteiger partial charge in [-0.05, 0) is 38.2 Å². The lowest BCUT2D eigenvalue weighted by molar-refractivity contribution is -0.134. The fraction of sp³-hybridized carbons (Fsp3) is 0.583. The molecule has 1 aromatic rings. The van der Waals surface area contributed by atoms with Crippen LogP contribution < -0.4 is 0 Å². The van der Waals surface area contributed by atoms with Gasteiger partial charge < -0.3 is 4.90 Å². The van der Waals surface area contributed by atoms with Crippen LogP contribution in [0.2, 0.25) is 0 Å². The molecule has 0 N–H and O–H groups in total. The first-order valence-corrected chi connectivity index (χ1v) is 10.8. The fourth-order valence-electron chi connectivity index (χ4n) is 4.09. The SMILES string of the molecule is C=CCCCCC[C@@H](CCCC)C(=O)N1C(=O)N(C)[C@H](C)[C@@H]1c1ccccc1. The summed E-state index contributed by atoms with van der Waals surface area (Å²) in [6.45, 7) is 7.95. The molecular weight excluding hydrogens is 348 g/mol. The van der Waals surface area contributed by atoms with E-state index in [-0.39, 0.29) is 29.9 Å². The first kappa shape index (κ1) is 22.2. The van der Waals surface area contributed by atoms with Crippen LogP contribution in [0.1, 0.15) is 76.8 Å². The second-order valence-corrected chi connectivity index (χ2v) is 7.96. The summed E-state index contributed by atoms with van der Waals surface area (Å²) in [6.07, 6.45) is 10.0. The number of likely N-dealkylation sites (N-methyl/N-ethyl adjacent to an activating group) is 1. The number of rotatable bonds is 11. The van der Waals surface area contributed by atoms with Gasteiger partial charge in [0, 0.05) is 13.0 Å². The van der Waals surface area contributed by atoms with Crippen molar-refractivity contribution in [2.45, 2.75) is 77.3 Å². The lowest BCUT2D eigenvalue weighted by Crippen LogP contribution is -2.40. The van der Waals surface area contributed by atoms with Crippen molar-refractivity contribution in [3.8, 4) is 0 Å². The third-order valence-electron chi connectivity index (χ3n) is 5.95. The number of nitrogens with zero attached hydrogens (tertiary/aromatic N) is 2. The van der Waals surface area contributed by atoms with Crippen molar-refractivity contribution in [2.24, 2.45) is 5.92 Å². The minimum atomic E-state index is -0.212. The van der Waals surface area contributed by atoms with E-state index in [1.165, 1.54) is 0 Å². The average molecular weight is 385 g/mol. The monoisotopic (exact) mass is 384 g/mol. The Hall–Kier alpha value is -2.10. The first-order chi connectivity index (χ1) is 13.5. The standard InChI is InChI=1S/C24H36N2O2/c1-5-7-9-10-12-18-21(15-8-6-2)23(27)26-22(19(3)25(4)24(26)28)20-16-13-11-14-17-20/h5,11,13-14,16-17,19,21-22H,1,6-10,12,15,18H2,2-4H3/t19-,21-,22-/m1/s1. The fourth-order valence-corrected chi connectivity index (χ4v) is 4.09. The number of carbonyl (C=O) groups excluding carboxylic acids is 2. The summed E-state index contributed by atoms with van der Waals surface area (Å²) in [6, 6.07) is 9.54. The summed E-state index contributed by atoms with van der Waals surface area (Å²) in [4.78, 5) is 29.7. The molecule has 2 rings (SSSR count). The smallest absolute Gasteiger partial charge is 0.322 e. The van der Waals surface area contributed by atoms with Gasteiger partial charge in [-0.3, -0.25) is 9.69 Å². The molecule has 0 unspecified atom stereocenters. The number of allylic oxidation sites excluding steroid dienone is 1. The number of amides is 3. The van der Waals surface area contributed by atoms with Crippen molar-refractivity contribution in [3.05, 3.63) is 48.6 Å². The highest BCUT2D eigenvalue weighted by Gasteiger charge is 2.46. The normalized spacial score (nSPS) is 20.5. The molecule has 4 heteroatoms. The van der Waals surface area contributed by atoms with Gasteiger partial charge in [0.15, 0.2) is 0 Å². The second-order valence-electron chi connectivity index (χ2n) is 7.96. The molecule has 154 valence electrons. The van der Waals surface area contributed by atoms with Crippen molar-refractivity contribution < 1.29 is 9.59 Å². The molecule has 0 aromatic heterocycles. The third kappa shape index (κ3) is 5.24. The molecule has 0 radical (unpaired) electrons. The van der Waals surface area contributed by atoms with E-state index < -0.39 is 0 Å². The summed E-state index contributed by atoms with van der Waals surface area (Å²) in [5.74, 6) is -0.0650. The molecule has 1 heterocycles. The van der Waals surface area contributed by atoms with Gasteiger partial charge in [-0.2, -0.15) is 0 Å². The van der Waals surface area contributed by atoms with Crippen LogP contribution in [0.5, 0.6) is 0 Å². The number of imide groups is 1. The molecule has 1 aromatic carbocycles. The molecule has 1 aliphatic heterocycles. The Kier molecular flexibility index (Phi) is 8.75. The predicted molar refractivity (Wildman–Crippen MR) is 115 cm³/mol. The summed E-state index contributed by atoms with van der Waals surface area (Å²) in [5.41, 5.74) is 1.03. The molecule has 0 saturated carbocycles. The summed E-state index contributed by atoms with van der Waals surface area (Å²) in [7, 11) is 1.80. The molecular formula is C24H36N2O2. The van der Waals surface area contributed by atoms with Crippen LogP contribution >= 0.6 is 0 Å². The van der Waals surface area contributed by atoms with E-state index in [2.05, 4.69) is 13.5 Å². The quantitative estimate of drug-likeness (QED) is 0.349. The Balaban J connectivity index is 2.18. The number of hydrogen-bond acceptors (Lipinski definition) is 2. The second kappa shape index (κ2) is 11.0. The topological polar surface area (TPSA) is 40.6 Å². The molecule has 0 aliphatic carbocycles. The van der Waals surface area contributed by atoms with Crippen LogP contribution in [-0.4, -0.2) is 34.8 Å². The van der Waals surface area contributed by atoms with Gasteiger partial charge in [-0.1, -0.05) is 69.0 Å². The Morgan fingerprint density at radius 2 is 1.82 bits per heavy atom. The van der Waals surface area contributed by atoms with Gasteiger partial charge in [-0.25, -0.2) is 4.79 Å². The van der Waals surface area contributed by atoms with E-state index in [0.717, 1.165) is 56.9 Å². The minimum Gasteiger partial charge on any atom is -0.322 e. The molecule has 3 atom stereocenters. The number of unbranched alkanes of at least 4 members (excludes halogenated alkanes) is 4. The van der Waals surface area contributed by atoms with Crippen molar-refractivity contribution in [3.63, 3.8) is 0 Å². The van der Waals surface area contributed by atoms with Crippen LogP contribution in [0.25, 0.3) is 0 Å². The summed E-state index contributed by atoms with van der Waals surface area (Å²) in [5, 5.41) is 0. The van der Waals surface area contributed by atoms with Gasteiger partial charge >= 0.3 is 6.03 Å². The van der Waals surface area contributed by atoms with E-state index in [4.69, 9.17) is 0 Å². The molecule has 0 bridgehead atoms. The molecule has 0 spiro atoms. The number of carbonyl (C=O) groups is 2. The summed E-state index contributed by atoms with van der Waals surface area (Å²) < 4.78 is 0. The van der Waals surface area contributed by atoms with Gasteiger partial charge in [0.1, 0.15) is 0 Å². The minimum absolute atomic E-state index is 0.00669. The Bertz CT molecular complexity index is 643. The molecule has 4 nitrogen and oxygen atoms in total. The molecule has 1 saturated heterocycles.